The van der Waals surface area contributed by atoms with Crippen molar-refractivity contribution < 1.29 is 9.21 Å². The van der Waals surface area contributed by atoms with Gasteiger partial charge in [-0.15, -0.1) is 0 Å². The van der Waals surface area contributed by atoms with Crippen molar-refractivity contribution in [1.29, 1.82) is 0 Å². The van der Waals surface area contributed by atoms with Crippen molar-refractivity contribution in [1.82, 2.24) is 10.3 Å². The van der Waals surface area contributed by atoms with E-state index in [0.717, 1.165) is 17.0 Å². The minimum atomic E-state index is 0.00195. The molecule has 1 aromatic heterocycles. The summed E-state index contributed by atoms with van der Waals surface area (Å²) in [7, 11) is 1.81. The number of fused-ring (bicyclic) bond motifs is 1. The van der Waals surface area contributed by atoms with Crippen LogP contribution in [0, 0.1) is 6.92 Å². The smallest absolute Gasteiger partial charge is 0.228 e. The van der Waals surface area contributed by atoms with Crippen LogP contribution >= 0.6 is 0 Å². The molecule has 1 aromatic carbocycles. The molecule has 0 saturated carbocycles. The van der Waals surface area contributed by atoms with Crippen LogP contribution in [0.25, 0.3) is 0 Å². The summed E-state index contributed by atoms with van der Waals surface area (Å²) in [5.74, 6) is 1.55. The average molecular weight is 271 g/mol. The fourth-order valence-electron chi connectivity index (χ4n) is 2.52. The summed E-state index contributed by atoms with van der Waals surface area (Å²) in [6, 6.07) is 7.96. The Morgan fingerprint density at radius 3 is 3.00 bits per heavy atom. The molecule has 2 aromatic rings. The molecule has 0 radical (unpaired) electrons. The van der Waals surface area contributed by atoms with Gasteiger partial charge in [0.15, 0.2) is 0 Å². The summed E-state index contributed by atoms with van der Waals surface area (Å²) in [6.45, 7) is 2.38. The van der Waals surface area contributed by atoms with Gasteiger partial charge in [0.05, 0.1) is 12.7 Å². The predicted molar refractivity (Wildman–Crippen MR) is 75.3 cm³/mol. The SMILES string of the molecule is Cc1cnc(CNC2CC(=O)N(C)c3ccccc32)o1. The van der Waals surface area contributed by atoms with Crippen LogP contribution in [-0.2, 0) is 11.3 Å². The van der Waals surface area contributed by atoms with Crippen LogP contribution in [0.4, 0.5) is 5.69 Å². The zero-order valence-corrected chi connectivity index (χ0v) is 11.6. The number of carbonyl (C=O) groups is 1. The van der Waals surface area contributed by atoms with Crippen molar-refractivity contribution >= 4 is 11.6 Å². The van der Waals surface area contributed by atoms with Crippen molar-refractivity contribution in [3.63, 3.8) is 0 Å². The average Bonchev–Trinajstić information content (AvgIpc) is 2.87. The van der Waals surface area contributed by atoms with Gasteiger partial charge in [-0.05, 0) is 18.6 Å². The Morgan fingerprint density at radius 2 is 2.25 bits per heavy atom. The fraction of sp³-hybridized carbons (Fsp3) is 0.333. The maximum absolute atomic E-state index is 12.0. The van der Waals surface area contributed by atoms with Gasteiger partial charge >= 0.3 is 0 Å². The topological polar surface area (TPSA) is 58.4 Å². The highest BCUT2D eigenvalue weighted by atomic mass is 16.4. The molecule has 0 spiro atoms. The minimum absolute atomic E-state index is 0.00195. The maximum Gasteiger partial charge on any atom is 0.228 e. The van der Waals surface area contributed by atoms with Crippen LogP contribution in [0.5, 0.6) is 0 Å². The molecule has 1 amide bonds. The van der Waals surface area contributed by atoms with E-state index in [-0.39, 0.29) is 11.9 Å². The van der Waals surface area contributed by atoms with Crippen LogP contribution in [0.1, 0.15) is 29.7 Å². The molecule has 1 unspecified atom stereocenters. The quantitative estimate of drug-likeness (QED) is 0.929. The lowest BCUT2D eigenvalue weighted by atomic mass is 9.96. The van der Waals surface area contributed by atoms with Gasteiger partial charge in [0, 0.05) is 25.2 Å². The third kappa shape index (κ3) is 2.32. The summed E-state index contributed by atoms with van der Waals surface area (Å²) in [4.78, 5) is 17.9. The van der Waals surface area contributed by atoms with Gasteiger partial charge in [0.1, 0.15) is 5.76 Å². The first-order valence-corrected chi connectivity index (χ1v) is 6.65. The number of carbonyl (C=O) groups excluding carboxylic acids is 1. The van der Waals surface area contributed by atoms with Crippen molar-refractivity contribution in [2.75, 3.05) is 11.9 Å². The van der Waals surface area contributed by atoms with Gasteiger partial charge in [-0.2, -0.15) is 0 Å². The second kappa shape index (κ2) is 5.09. The molecule has 0 aliphatic carbocycles. The Bertz CT molecular complexity index is 636. The van der Waals surface area contributed by atoms with E-state index >= 15 is 0 Å². The van der Waals surface area contributed by atoms with E-state index in [9.17, 15) is 4.79 Å². The number of hydrogen-bond acceptors (Lipinski definition) is 4. The lowest BCUT2D eigenvalue weighted by Gasteiger charge is -2.31. The Kier molecular flexibility index (Phi) is 3.28. The summed E-state index contributed by atoms with van der Waals surface area (Å²) in [5.41, 5.74) is 2.10. The number of benzene rings is 1. The number of amides is 1. The molecular formula is C15H17N3O2. The minimum Gasteiger partial charge on any atom is -0.445 e. The molecule has 3 rings (SSSR count). The molecule has 5 heteroatoms. The number of rotatable bonds is 3. The first-order valence-electron chi connectivity index (χ1n) is 6.65. The number of hydrogen-bond donors (Lipinski definition) is 1. The molecular weight excluding hydrogens is 254 g/mol. The largest absolute Gasteiger partial charge is 0.445 e. The third-order valence-electron chi connectivity index (χ3n) is 3.60. The highest BCUT2D eigenvalue weighted by Crippen LogP contribution is 2.33. The standard InChI is InChI=1S/C15H17N3O2/c1-10-8-17-14(20-10)9-16-12-7-15(19)18(2)13-6-4-3-5-11(12)13/h3-6,8,12,16H,7,9H2,1-2H3. The van der Waals surface area contributed by atoms with Crippen LogP contribution < -0.4 is 10.2 Å². The molecule has 0 bridgehead atoms. The van der Waals surface area contributed by atoms with E-state index < -0.39 is 0 Å². The highest BCUT2D eigenvalue weighted by molar-refractivity contribution is 5.96. The Hall–Kier alpha value is -2.14. The van der Waals surface area contributed by atoms with Gasteiger partial charge in [-0.25, -0.2) is 4.98 Å². The van der Waals surface area contributed by atoms with Gasteiger partial charge < -0.3 is 14.6 Å². The van der Waals surface area contributed by atoms with Crippen LogP contribution in [0.2, 0.25) is 0 Å². The molecule has 1 aliphatic heterocycles. The molecule has 5 nitrogen and oxygen atoms in total. The monoisotopic (exact) mass is 271 g/mol. The van der Waals surface area contributed by atoms with Gasteiger partial charge in [0.25, 0.3) is 0 Å². The number of oxazole rings is 1. The number of aromatic nitrogens is 1. The second-order valence-electron chi connectivity index (χ2n) is 5.01. The summed E-state index contributed by atoms with van der Waals surface area (Å²) in [6.07, 6.45) is 2.15. The van der Waals surface area contributed by atoms with Crippen LogP contribution in [-0.4, -0.2) is 17.9 Å². The number of anilines is 1. The first-order chi connectivity index (χ1) is 9.65. The predicted octanol–water partition coefficient (Wildman–Crippen LogP) is 2.18. The lowest BCUT2D eigenvalue weighted by molar-refractivity contribution is -0.119. The third-order valence-corrected chi connectivity index (χ3v) is 3.60. The first kappa shape index (κ1) is 12.9. The zero-order chi connectivity index (χ0) is 14.1. The molecule has 1 aliphatic rings. The van der Waals surface area contributed by atoms with Crippen LogP contribution in [0.3, 0.4) is 0 Å². The molecule has 0 saturated heterocycles. The molecule has 0 fully saturated rings. The van der Waals surface area contributed by atoms with Crippen molar-refractivity contribution in [3.8, 4) is 0 Å². The Morgan fingerprint density at radius 1 is 1.45 bits per heavy atom. The Labute approximate surface area is 117 Å². The summed E-state index contributed by atoms with van der Waals surface area (Å²) in [5, 5.41) is 3.35. The lowest BCUT2D eigenvalue weighted by Crippen LogP contribution is -2.37. The molecule has 104 valence electrons. The van der Waals surface area contributed by atoms with E-state index in [1.807, 2.05) is 32.2 Å². The number of aryl methyl sites for hydroxylation is 1. The van der Waals surface area contributed by atoms with E-state index in [1.165, 1.54) is 0 Å². The van der Waals surface area contributed by atoms with E-state index in [1.54, 1.807) is 11.1 Å². The summed E-state index contributed by atoms with van der Waals surface area (Å²) >= 11 is 0. The molecule has 20 heavy (non-hydrogen) atoms. The number of nitrogens with one attached hydrogen (secondary N) is 1. The maximum atomic E-state index is 12.0. The second-order valence-corrected chi connectivity index (χ2v) is 5.01. The van der Waals surface area contributed by atoms with Crippen molar-refractivity contribution in [2.24, 2.45) is 0 Å². The van der Waals surface area contributed by atoms with E-state index in [2.05, 4.69) is 16.4 Å². The van der Waals surface area contributed by atoms with Gasteiger partial charge in [-0.3, -0.25) is 4.79 Å². The van der Waals surface area contributed by atoms with Crippen molar-refractivity contribution in [2.45, 2.75) is 25.9 Å². The highest BCUT2D eigenvalue weighted by Gasteiger charge is 2.28. The summed E-state index contributed by atoms with van der Waals surface area (Å²) < 4.78 is 5.44. The fourth-order valence-corrected chi connectivity index (χ4v) is 2.52. The zero-order valence-electron chi connectivity index (χ0n) is 11.6. The number of nitrogens with zero attached hydrogens (tertiary/aromatic N) is 2. The van der Waals surface area contributed by atoms with Gasteiger partial charge in [0.2, 0.25) is 11.8 Å². The van der Waals surface area contributed by atoms with Crippen molar-refractivity contribution in [3.05, 3.63) is 47.7 Å². The number of para-hydroxylation sites is 1. The van der Waals surface area contributed by atoms with E-state index in [4.69, 9.17) is 4.42 Å². The normalized spacial score (nSPS) is 18.2. The van der Waals surface area contributed by atoms with Gasteiger partial charge in [-0.1, -0.05) is 18.2 Å². The molecule has 1 N–H and O–H groups in total. The van der Waals surface area contributed by atoms with Crippen LogP contribution in [0.15, 0.2) is 34.9 Å². The molecule has 2 heterocycles. The van der Waals surface area contributed by atoms with E-state index in [0.29, 0.717) is 18.9 Å². The molecule has 1 atom stereocenters. The Balaban J connectivity index is 1.80.